The smallest absolute Gasteiger partial charge is 0.238 e. The highest BCUT2D eigenvalue weighted by atomic mass is 15.2. The molecule has 0 aliphatic carbocycles. The zero-order valence-electron chi connectivity index (χ0n) is 40.8. The first kappa shape index (κ1) is 17.0. The highest BCUT2D eigenvalue weighted by Crippen LogP contribution is 2.37. The molecule has 0 amide bonds. The van der Waals surface area contributed by atoms with E-state index < -0.39 is 107 Å². The molecule has 5 heteroatoms. The number of aromatic nitrogens is 5. The second-order valence-corrected chi connectivity index (χ2v) is 11.4. The molecule has 0 N–H and O–H groups in total. The zero-order chi connectivity index (χ0) is 46.1. The Hall–Kier alpha value is -6.85. The Labute approximate surface area is 309 Å². The van der Waals surface area contributed by atoms with Crippen LogP contribution in [0.25, 0.3) is 89.2 Å². The Morgan fingerprint density at radius 3 is 1.42 bits per heavy atom. The standard InChI is InChI=1S/C45H29N5/c1-3-13-30(14-4-1)31-23-25-33(26-24-31)44-46-43(32-15-5-2-6-16-32)47-45(48-44)50-41-22-12-9-19-37(41)38-29-34(27-28-42(38)50)49-39-20-10-7-17-35(39)36-18-8-11-21-40(36)49/h1-29H/i7D,8D,9D,10D,11D,12D,17D,18D,19D,20D,21D,22D,27D,28D,29D. The minimum atomic E-state index is -0.741. The van der Waals surface area contributed by atoms with Crippen molar-refractivity contribution in [3.05, 3.63) is 176 Å². The minimum Gasteiger partial charge on any atom is -0.309 e. The van der Waals surface area contributed by atoms with E-state index in [-0.39, 0.29) is 50.2 Å². The van der Waals surface area contributed by atoms with Crippen molar-refractivity contribution in [1.29, 1.82) is 0 Å². The molecule has 3 aromatic heterocycles. The van der Waals surface area contributed by atoms with Crippen LogP contribution >= 0.6 is 0 Å². The molecule has 50 heavy (non-hydrogen) atoms. The molecule has 0 atom stereocenters. The minimum absolute atomic E-state index is 0.151. The summed E-state index contributed by atoms with van der Waals surface area (Å²) in [5.41, 5.74) is 1.15. The highest BCUT2D eigenvalue weighted by molar-refractivity contribution is 6.12. The van der Waals surface area contributed by atoms with E-state index >= 15 is 0 Å². The van der Waals surface area contributed by atoms with Crippen molar-refractivity contribution < 1.29 is 20.6 Å². The number of benzene rings is 7. The van der Waals surface area contributed by atoms with Crippen LogP contribution in [0.3, 0.4) is 0 Å². The van der Waals surface area contributed by atoms with Crippen molar-refractivity contribution in [2.24, 2.45) is 0 Å². The Balaban J connectivity index is 1.37. The predicted octanol–water partition coefficient (Wildman–Crippen LogP) is 11.1. The SMILES string of the molecule is [2H]c1c([2H])c([2H])c2c(c1[2H])c1c([2H])c(-n3c4c([2H])c([2H])c([2H])c([2H])c4c4c([2H])c([2H])c([2H])c([2H])c43)c([2H])c([2H])c1n2-c1nc(-c2ccccc2)nc(-c2ccc(-c3ccccc3)cc2)n1. The Bertz CT molecular complexity index is 3630. The van der Waals surface area contributed by atoms with Crippen LogP contribution in [-0.4, -0.2) is 24.1 Å². The maximum Gasteiger partial charge on any atom is 0.238 e. The van der Waals surface area contributed by atoms with Crippen LogP contribution in [0.2, 0.25) is 0 Å². The number of fused-ring (bicyclic) bond motifs is 6. The zero-order valence-corrected chi connectivity index (χ0v) is 25.8. The summed E-state index contributed by atoms with van der Waals surface area (Å²) in [6.45, 7) is 0. The van der Waals surface area contributed by atoms with Crippen molar-refractivity contribution in [3.63, 3.8) is 0 Å². The van der Waals surface area contributed by atoms with Crippen LogP contribution in [0.15, 0.2) is 176 Å². The van der Waals surface area contributed by atoms with Gasteiger partial charge in [0.25, 0.3) is 0 Å². The van der Waals surface area contributed by atoms with Gasteiger partial charge in [-0.15, -0.1) is 0 Å². The first-order valence-electron chi connectivity index (χ1n) is 23.1. The molecule has 0 saturated carbocycles. The van der Waals surface area contributed by atoms with Gasteiger partial charge < -0.3 is 4.57 Å². The topological polar surface area (TPSA) is 48.5 Å². The molecule has 0 radical (unpaired) electrons. The highest BCUT2D eigenvalue weighted by Gasteiger charge is 2.19. The Kier molecular flexibility index (Phi) is 3.87. The van der Waals surface area contributed by atoms with E-state index in [1.165, 1.54) is 4.57 Å². The molecule has 0 fully saturated rings. The normalized spacial score (nSPS) is 15.8. The van der Waals surface area contributed by atoms with Crippen molar-refractivity contribution >= 4 is 43.6 Å². The Morgan fingerprint density at radius 2 is 0.820 bits per heavy atom. The summed E-state index contributed by atoms with van der Waals surface area (Å²) in [6.07, 6.45) is 0. The van der Waals surface area contributed by atoms with Gasteiger partial charge in [-0.3, -0.25) is 4.57 Å². The summed E-state index contributed by atoms with van der Waals surface area (Å²) < 4.78 is 137. The molecule has 234 valence electrons. The van der Waals surface area contributed by atoms with Crippen molar-refractivity contribution in [3.8, 4) is 45.5 Å². The molecule has 0 aliphatic heterocycles. The second-order valence-electron chi connectivity index (χ2n) is 11.4. The van der Waals surface area contributed by atoms with E-state index in [1.54, 1.807) is 30.3 Å². The number of rotatable bonds is 5. The third kappa shape index (κ3) is 4.52. The first-order valence-corrected chi connectivity index (χ1v) is 15.6. The fourth-order valence-electron chi connectivity index (χ4n) is 6.21. The van der Waals surface area contributed by atoms with Gasteiger partial charge in [0.15, 0.2) is 11.6 Å². The second kappa shape index (κ2) is 11.4. The fourth-order valence-corrected chi connectivity index (χ4v) is 6.21. The molecule has 0 spiro atoms. The van der Waals surface area contributed by atoms with Gasteiger partial charge in [0.05, 0.1) is 42.6 Å². The van der Waals surface area contributed by atoms with Gasteiger partial charge in [-0.05, 0) is 47.4 Å². The predicted molar refractivity (Wildman–Crippen MR) is 205 cm³/mol. The molecule has 7 aromatic carbocycles. The van der Waals surface area contributed by atoms with Crippen LogP contribution in [0.5, 0.6) is 0 Å². The Morgan fingerprint density at radius 1 is 0.380 bits per heavy atom. The van der Waals surface area contributed by atoms with Crippen LogP contribution in [0, 0.1) is 0 Å². The van der Waals surface area contributed by atoms with E-state index in [0.29, 0.717) is 11.1 Å². The lowest BCUT2D eigenvalue weighted by Gasteiger charge is -2.12. The van der Waals surface area contributed by atoms with Crippen LogP contribution in [-0.2, 0) is 0 Å². The maximum atomic E-state index is 9.91. The number of hydrogen-bond acceptors (Lipinski definition) is 3. The number of para-hydroxylation sites is 3. The quantitative estimate of drug-likeness (QED) is 0.186. The summed E-state index contributed by atoms with van der Waals surface area (Å²) in [5, 5.41) is -1.16. The molecule has 0 unspecified atom stereocenters. The summed E-state index contributed by atoms with van der Waals surface area (Å²) in [6, 6.07) is 15.9. The van der Waals surface area contributed by atoms with E-state index in [1.807, 2.05) is 54.6 Å². The summed E-state index contributed by atoms with van der Waals surface area (Å²) in [7, 11) is 0. The number of nitrogens with zero attached hydrogens (tertiary/aromatic N) is 5. The van der Waals surface area contributed by atoms with E-state index in [4.69, 9.17) is 28.7 Å². The third-order valence-electron chi connectivity index (χ3n) is 8.51. The third-order valence-corrected chi connectivity index (χ3v) is 8.51. The summed E-state index contributed by atoms with van der Waals surface area (Å²) >= 11 is 0. The van der Waals surface area contributed by atoms with E-state index in [2.05, 4.69) is 0 Å². The van der Waals surface area contributed by atoms with Crippen molar-refractivity contribution in [2.75, 3.05) is 0 Å². The number of hydrogen-bond donors (Lipinski definition) is 0. The van der Waals surface area contributed by atoms with Crippen molar-refractivity contribution in [1.82, 2.24) is 24.1 Å². The van der Waals surface area contributed by atoms with Crippen LogP contribution in [0.4, 0.5) is 0 Å². The molecule has 5 nitrogen and oxygen atoms in total. The monoisotopic (exact) mass is 654 g/mol. The molecular formula is C45H29N5. The van der Waals surface area contributed by atoms with Gasteiger partial charge in [-0.2, -0.15) is 9.97 Å². The summed E-state index contributed by atoms with van der Waals surface area (Å²) in [5.74, 6) is 0.0897. The first-order chi connectivity index (χ1) is 31.0. The lowest BCUT2D eigenvalue weighted by Crippen LogP contribution is -2.06. The lowest BCUT2D eigenvalue weighted by atomic mass is 10.0. The summed E-state index contributed by atoms with van der Waals surface area (Å²) in [4.78, 5) is 14.4. The van der Waals surface area contributed by atoms with Gasteiger partial charge in [0.2, 0.25) is 5.95 Å². The molecule has 0 saturated heterocycles. The molecule has 0 bridgehead atoms. The molecular weight excluding hydrogens is 611 g/mol. The average molecular weight is 655 g/mol. The molecule has 0 aliphatic rings. The van der Waals surface area contributed by atoms with Gasteiger partial charge in [-0.25, -0.2) is 4.98 Å². The van der Waals surface area contributed by atoms with Crippen LogP contribution in [0.1, 0.15) is 20.6 Å². The average Bonchev–Trinajstić information content (AvgIpc) is 3.88. The van der Waals surface area contributed by atoms with Crippen molar-refractivity contribution in [2.45, 2.75) is 0 Å². The fraction of sp³-hybridized carbons (Fsp3) is 0. The molecule has 10 aromatic rings. The lowest BCUT2D eigenvalue weighted by molar-refractivity contribution is 0.953. The van der Waals surface area contributed by atoms with E-state index in [9.17, 15) is 6.85 Å². The largest absolute Gasteiger partial charge is 0.309 e. The van der Waals surface area contributed by atoms with Gasteiger partial charge in [-0.1, -0.05) is 139 Å². The molecule has 10 rings (SSSR count). The molecule has 3 heterocycles. The van der Waals surface area contributed by atoms with Crippen LogP contribution < -0.4 is 0 Å². The van der Waals surface area contributed by atoms with Gasteiger partial charge >= 0.3 is 0 Å². The van der Waals surface area contributed by atoms with Gasteiger partial charge in [0.1, 0.15) is 0 Å². The van der Waals surface area contributed by atoms with E-state index in [0.717, 1.165) is 15.7 Å². The van der Waals surface area contributed by atoms with Gasteiger partial charge in [0, 0.05) is 38.4 Å². The maximum absolute atomic E-state index is 9.91.